The first-order chi connectivity index (χ1) is 16.4. The Morgan fingerprint density at radius 2 is 1.68 bits per heavy atom. The van der Waals surface area contributed by atoms with Crippen LogP contribution in [-0.2, 0) is 11.2 Å². The molecule has 1 aliphatic carbocycles. The second kappa shape index (κ2) is 9.12. The standard InChI is InChI=1S/C28H21Cl3N2O/c29-21-7-5-19(6-8-21)24-11-20-16-33-27(34)28(20,13-17-1-3-18(15-32)4-2-17)14-25(24)23-10-9-22(30)12-26(23)31/h1-10,12,14,20,24H,11,13,16H2,(H,33,34). The van der Waals surface area contributed by atoms with Crippen molar-refractivity contribution in [3.8, 4) is 6.07 Å². The normalized spacial score (nSPS) is 23.6. The lowest BCUT2D eigenvalue weighted by Gasteiger charge is -2.39. The van der Waals surface area contributed by atoms with Crippen LogP contribution in [0.4, 0.5) is 0 Å². The fraction of sp³-hybridized carbons (Fsp3) is 0.214. The molecule has 0 bridgehead atoms. The van der Waals surface area contributed by atoms with E-state index in [0.717, 1.165) is 28.7 Å². The molecule has 170 valence electrons. The summed E-state index contributed by atoms with van der Waals surface area (Å²) < 4.78 is 0. The van der Waals surface area contributed by atoms with Gasteiger partial charge >= 0.3 is 0 Å². The maximum Gasteiger partial charge on any atom is 0.230 e. The molecule has 34 heavy (non-hydrogen) atoms. The van der Waals surface area contributed by atoms with Gasteiger partial charge in [-0.15, -0.1) is 0 Å². The molecule has 0 aromatic heterocycles. The SMILES string of the molecule is N#Cc1ccc(CC23C=C(c4ccc(Cl)cc4Cl)C(c4ccc(Cl)cc4)CC2CNC3=O)cc1. The summed E-state index contributed by atoms with van der Waals surface area (Å²) in [6.45, 7) is 0.622. The molecule has 3 aromatic rings. The van der Waals surface area contributed by atoms with Gasteiger partial charge in [0.15, 0.2) is 0 Å². The Labute approximate surface area is 214 Å². The molecular weight excluding hydrogens is 487 g/mol. The van der Waals surface area contributed by atoms with Crippen molar-refractivity contribution in [3.63, 3.8) is 0 Å². The molecule has 3 unspecified atom stereocenters. The first kappa shape index (κ1) is 23.0. The Bertz CT molecular complexity index is 1330. The van der Waals surface area contributed by atoms with E-state index >= 15 is 0 Å². The Morgan fingerprint density at radius 3 is 2.35 bits per heavy atom. The average Bonchev–Trinajstić information content (AvgIpc) is 3.14. The van der Waals surface area contributed by atoms with Crippen LogP contribution in [0, 0.1) is 22.7 Å². The van der Waals surface area contributed by atoms with Crippen molar-refractivity contribution in [3.05, 3.63) is 110 Å². The average molecular weight is 508 g/mol. The Morgan fingerprint density at radius 1 is 0.971 bits per heavy atom. The van der Waals surface area contributed by atoms with E-state index < -0.39 is 5.41 Å². The van der Waals surface area contributed by atoms with Crippen molar-refractivity contribution >= 4 is 46.3 Å². The smallest absolute Gasteiger partial charge is 0.230 e. The molecule has 3 atom stereocenters. The van der Waals surface area contributed by atoms with Crippen LogP contribution in [0.3, 0.4) is 0 Å². The van der Waals surface area contributed by atoms with Gasteiger partial charge in [-0.25, -0.2) is 0 Å². The lowest BCUT2D eigenvalue weighted by atomic mass is 9.62. The highest BCUT2D eigenvalue weighted by Crippen LogP contribution is 2.53. The minimum Gasteiger partial charge on any atom is -0.355 e. The fourth-order valence-corrected chi connectivity index (χ4v) is 5.97. The summed E-state index contributed by atoms with van der Waals surface area (Å²) >= 11 is 19.0. The van der Waals surface area contributed by atoms with Gasteiger partial charge < -0.3 is 5.32 Å². The summed E-state index contributed by atoms with van der Waals surface area (Å²) in [6.07, 6.45) is 3.48. The molecule has 0 saturated carbocycles. The molecule has 3 aromatic carbocycles. The number of amides is 1. The number of hydrogen-bond donors (Lipinski definition) is 1. The zero-order valence-corrected chi connectivity index (χ0v) is 20.5. The third kappa shape index (κ3) is 4.12. The highest BCUT2D eigenvalue weighted by Gasteiger charge is 2.52. The molecule has 2 aliphatic rings. The second-order valence-electron chi connectivity index (χ2n) is 9.00. The Balaban J connectivity index is 1.66. The highest BCUT2D eigenvalue weighted by molar-refractivity contribution is 6.35. The number of rotatable bonds is 4. The zero-order valence-electron chi connectivity index (χ0n) is 18.2. The summed E-state index contributed by atoms with van der Waals surface area (Å²) in [6, 6.07) is 23.0. The van der Waals surface area contributed by atoms with Gasteiger partial charge in [0.05, 0.1) is 17.0 Å². The third-order valence-electron chi connectivity index (χ3n) is 7.06. The van der Waals surface area contributed by atoms with Crippen LogP contribution in [0.15, 0.2) is 72.8 Å². The topological polar surface area (TPSA) is 52.9 Å². The number of nitrogens with one attached hydrogen (secondary N) is 1. The van der Waals surface area contributed by atoms with Crippen molar-refractivity contribution in [2.45, 2.75) is 18.8 Å². The lowest BCUT2D eigenvalue weighted by Crippen LogP contribution is -2.39. The first-order valence-electron chi connectivity index (χ1n) is 11.1. The van der Waals surface area contributed by atoms with Gasteiger partial charge in [0.2, 0.25) is 5.91 Å². The van der Waals surface area contributed by atoms with Gasteiger partial charge in [-0.2, -0.15) is 5.26 Å². The molecule has 0 spiro atoms. The van der Waals surface area contributed by atoms with Crippen LogP contribution >= 0.6 is 34.8 Å². The van der Waals surface area contributed by atoms with Crippen LogP contribution in [0.2, 0.25) is 15.1 Å². The summed E-state index contributed by atoms with van der Waals surface area (Å²) in [4.78, 5) is 13.4. The van der Waals surface area contributed by atoms with E-state index in [4.69, 9.17) is 40.1 Å². The molecule has 1 heterocycles. The predicted octanol–water partition coefficient (Wildman–Crippen LogP) is 7.06. The van der Waals surface area contributed by atoms with E-state index in [2.05, 4.69) is 17.5 Å². The van der Waals surface area contributed by atoms with Crippen molar-refractivity contribution in [2.75, 3.05) is 6.54 Å². The fourth-order valence-electron chi connectivity index (χ4n) is 5.32. The summed E-state index contributed by atoms with van der Waals surface area (Å²) in [5, 5.41) is 14.1. The second-order valence-corrected chi connectivity index (χ2v) is 10.3. The quantitative estimate of drug-likeness (QED) is 0.411. The number of nitrogens with zero attached hydrogens (tertiary/aromatic N) is 1. The molecule has 1 amide bonds. The lowest BCUT2D eigenvalue weighted by molar-refractivity contribution is -0.126. The molecule has 1 saturated heterocycles. The van der Waals surface area contributed by atoms with Crippen molar-refractivity contribution in [1.82, 2.24) is 5.32 Å². The molecule has 3 nitrogen and oxygen atoms in total. The van der Waals surface area contributed by atoms with Gasteiger partial charge in [-0.3, -0.25) is 4.79 Å². The molecule has 0 radical (unpaired) electrons. The predicted molar refractivity (Wildman–Crippen MR) is 137 cm³/mol. The minimum absolute atomic E-state index is 0.0269. The van der Waals surface area contributed by atoms with Gasteiger partial charge in [0.25, 0.3) is 0 Å². The number of carbonyl (C=O) groups excluding carboxylic acids is 1. The minimum atomic E-state index is -0.699. The molecule has 1 aliphatic heterocycles. The first-order valence-corrected chi connectivity index (χ1v) is 12.2. The number of hydrogen-bond acceptors (Lipinski definition) is 2. The van der Waals surface area contributed by atoms with Gasteiger partial charge in [0, 0.05) is 27.5 Å². The number of carbonyl (C=O) groups is 1. The molecular formula is C28H21Cl3N2O. The largest absolute Gasteiger partial charge is 0.355 e. The van der Waals surface area contributed by atoms with Crippen LogP contribution < -0.4 is 5.32 Å². The summed E-state index contributed by atoms with van der Waals surface area (Å²) in [5.74, 6) is 0.202. The highest BCUT2D eigenvalue weighted by atomic mass is 35.5. The maximum absolute atomic E-state index is 13.4. The molecule has 5 rings (SSSR count). The number of benzene rings is 3. The molecule has 1 N–H and O–H groups in total. The van der Waals surface area contributed by atoms with E-state index in [1.54, 1.807) is 18.2 Å². The Kier molecular flexibility index (Phi) is 6.16. The van der Waals surface area contributed by atoms with Crippen LogP contribution in [0.5, 0.6) is 0 Å². The van der Waals surface area contributed by atoms with E-state index in [9.17, 15) is 4.79 Å². The number of fused-ring (bicyclic) bond motifs is 1. The van der Waals surface area contributed by atoms with Crippen molar-refractivity contribution in [1.29, 1.82) is 5.26 Å². The van der Waals surface area contributed by atoms with E-state index in [1.165, 1.54) is 0 Å². The van der Waals surface area contributed by atoms with E-state index in [1.807, 2.05) is 48.5 Å². The van der Waals surface area contributed by atoms with Crippen LogP contribution in [0.1, 0.15) is 34.6 Å². The third-order valence-corrected chi connectivity index (χ3v) is 7.86. The van der Waals surface area contributed by atoms with E-state index in [-0.39, 0.29) is 17.7 Å². The van der Waals surface area contributed by atoms with Gasteiger partial charge in [0.1, 0.15) is 0 Å². The van der Waals surface area contributed by atoms with Gasteiger partial charge in [-0.05, 0) is 77.4 Å². The number of nitriles is 1. The van der Waals surface area contributed by atoms with Crippen LogP contribution in [-0.4, -0.2) is 12.5 Å². The van der Waals surface area contributed by atoms with E-state index in [0.29, 0.717) is 33.6 Å². The molecule has 1 fully saturated rings. The summed E-state index contributed by atoms with van der Waals surface area (Å²) in [5.41, 5.74) is 3.95. The monoisotopic (exact) mass is 506 g/mol. The maximum atomic E-state index is 13.4. The number of allylic oxidation sites excluding steroid dienone is 1. The number of halogens is 3. The van der Waals surface area contributed by atoms with Crippen LogP contribution in [0.25, 0.3) is 5.57 Å². The van der Waals surface area contributed by atoms with Crippen molar-refractivity contribution < 1.29 is 4.79 Å². The summed E-state index contributed by atoms with van der Waals surface area (Å²) in [7, 11) is 0. The molecule has 6 heteroatoms. The zero-order chi connectivity index (χ0) is 23.9. The van der Waals surface area contributed by atoms with Crippen molar-refractivity contribution in [2.24, 2.45) is 11.3 Å². The Hall–Kier alpha value is -2.77. The van der Waals surface area contributed by atoms with Gasteiger partial charge in [-0.1, -0.05) is 71.2 Å².